The molecule has 0 aromatic heterocycles. The van der Waals surface area contributed by atoms with Gasteiger partial charge in [0, 0.05) is 75.1 Å². The number of hydrogen-bond donors (Lipinski definition) is 10. The Bertz CT molecular complexity index is 4580. The highest BCUT2D eigenvalue weighted by atomic mass is 16.3. The van der Waals surface area contributed by atoms with Gasteiger partial charge in [-0.05, 0) is 299 Å². The summed E-state index contributed by atoms with van der Waals surface area (Å²) in [5.74, 6) is -0.247. The number of unbranched alkanes of at least 4 members (excludes halogenated alkanes) is 8. The Labute approximate surface area is 769 Å². The molecule has 704 valence electrons. The minimum absolute atomic E-state index is 0. The van der Waals surface area contributed by atoms with Crippen molar-refractivity contribution in [1.82, 2.24) is 0 Å². The number of aromatic hydroxyl groups is 8. The van der Waals surface area contributed by atoms with Crippen LogP contribution in [0.5, 0.6) is 46.0 Å². The molecule has 10 atom stereocenters. The Morgan fingerprint density at radius 3 is 1.29 bits per heavy atom. The maximum absolute atomic E-state index is 13.3. The largest absolute Gasteiger partial charge is 0.508 e. The molecule has 0 heterocycles. The first-order chi connectivity index (χ1) is 57.9. The molecule has 127 heavy (non-hydrogen) atoms. The molecule has 0 radical (unpaired) electrons. The second kappa shape index (κ2) is 56.7. The van der Waals surface area contributed by atoms with Gasteiger partial charge in [-0.3, -0.25) is 14.4 Å². The Morgan fingerprint density at radius 1 is 0.425 bits per heavy atom. The third-order valence-electron chi connectivity index (χ3n) is 25.5. The third kappa shape index (κ3) is 33.5. The first-order valence-corrected chi connectivity index (χ1v) is 45.4. The van der Waals surface area contributed by atoms with E-state index in [1.54, 1.807) is 30.3 Å². The predicted molar refractivity (Wildman–Crippen MR) is 538 cm³/mol. The SMILES string of the molecule is C.C.C.C.C.C=C(C)[C@@H]1CCC(C)=C[C@H]1C1=C(O)C(CCc2ccccc2)=C(CCCCC)C(=O)C1=O.C=C(C)[C@@H]1CCC(C)=C[C@H]1c1c(C)cc(O)cc1O.C=C(C)[C@@H]1CCC(C)=C[C@H]1c1c(O)cc(O)cc1CCCCC.C=C(C)[C@@H]1C[C@@H](C(C)=O)[C@H](O)[C@H]1c1c(O)cc(CCCCC)cc1O.CCCCCc1cc(O)c(C/C=C(/C)CCC=C(C)C)c(O)c1. The fourth-order valence-electron chi connectivity index (χ4n) is 18.5. The summed E-state index contributed by atoms with van der Waals surface area (Å²) in [4.78, 5) is 38.5. The summed E-state index contributed by atoms with van der Waals surface area (Å²) < 4.78 is 0. The van der Waals surface area contributed by atoms with Crippen LogP contribution in [0.15, 0.2) is 208 Å². The zero-order valence-electron chi connectivity index (χ0n) is 77.0. The maximum Gasteiger partial charge on any atom is 0.233 e. The molecule has 0 aliphatic heterocycles. The predicted octanol–water partition coefficient (Wildman–Crippen LogP) is 30.6. The number of benzene rings is 5. The Hall–Kier alpha value is -9.59. The Morgan fingerprint density at radius 2 is 0.843 bits per heavy atom. The topological polar surface area (TPSA) is 254 Å². The van der Waals surface area contributed by atoms with E-state index in [-0.39, 0.29) is 130 Å². The second-order valence-corrected chi connectivity index (χ2v) is 36.2. The number of carbonyl (C=O) groups is 3. The van der Waals surface area contributed by atoms with Gasteiger partial charge in [0.15, 0.2) is 0 Å². The van der Waals surface area contributed by atoms with E-state index >= 15 is 0 Å². The Balaban J connectivity index is 0.000000794. The van der Waals surface area contributed by atoms with Crippen LogP contribution in [0.4, 0.5) is 0 Å². The summed E-state index contributed by atoms with van der Waals surface area (Å²) >= 11 is 0. The van der Waals surface area contributed by atoms with Crippen LogP contribution in [0.25, 0.3) is 0 Å². The Kier molecular flexibility index (Phi) is 51.5. The first kappa shape index (κ1) is 115. The van der Waals surface area contributed by atoms with Crippen molar-refractivity contribution in [3.63, 3.8) is 0 Å². The smallest absolute Gasteiger partial charge is 0.233 e. The number of ketones is 3. The average Bonchev–Trinajstić information content (AvgIpc) is 1.02. The van der Waals surface area contributed by atoms with Gasteiger partial charge >= 0.3 is 0 Å². The molecule has 5 aromatic carbocycles. The lowest BCUT2D eigenvalue weighted by Crippen LogP contribution is -2.33. The van der Waals surface area contributed by atoms with Crippen LogP contribution in [-0.2, 0) is 46.5 Å². The number of rotatable bonds is 33. The van der Waals surface area contributed by atoms with E-state index < -0.39 is 29.5 Å². The summed E-state index contributed by atoms with van der Waals surface area (Å²) in [6.45, 7) is 49.0. The fourth-order valence-corrected chi connectivity index (χ4v) is 18.5. The number of phenols is 8. The molecule has 13 heteroatoms. The fraction of sp³-hybridized carbons (Fsp3) is 0.518. The van der Waals surface area contributed by atoms with E-state index in [2.05, 4.69) is 152 Å². The molecule has 13 nitrogen and oxygen atoms in total. The molecule has 0 saturated heterocycles. The van der Waals surface area contributed by atoms with Crippen LogP contribution in [0, 0.1) is 42.4 Å². The van der Waals surface area contributed by atoms with E-state index in [0.717, 1.165) is 191 Å². The lowest BCUT2D eigenvalue weighted by molar-refractivity contribution is -0.133. The van der Waals surface area contributed by atoms with Crippen LogP contribution in [0.1, 0.15) is 356 Å². The van der Waals surface area contributed by atoms with Gasteiger partial charge in [0.1, 0.15) is 57.5 Å². The van der Waals surface area contributed by atoms with Crippen molar-refractivity contribution in [3.05, 3.63) is 258 Å². The molecule has 0 amide bonds. The van der Waals surface area contributed by atoms with E-state index in [1.807, 2.05) is 45.0 Å². The summed E-state index contributed by atoms with van der Waals surface area (Å²) in [6, 6.07) is 23.5. The van der Waals surface area contributed by atoms with Gasteiger partial charge in [-0.2, -0.15) is 0 Å². The number of phenolic OH excluding ortho intramolecular Hbond substituents is 8. The second-order valence-electron chi connectivity index (χ2n) is 36.2. The van der Waals surface area contributed by atoms with Crippen molar-refractivity contribution in [2.24, 2.45) is 35.5 Å². The number of carbonyl (C=O) groups excluding carboxylic acids is 3. The van der Waals surface area contributed by atoms with Crippen LogP contribution < -0.4 is 0 Å². The van der Waals surface area contributed by atoms with Crippen molar-refractivity contribution in [2.45, 2.75) is 352 Å². The molecule has 5 aromatic rings. The van der Waals surface area contributed by atoms with Crippen molar-refractivity contribution in [3.8, 4) is 46.0 Å². The first-order valence-electron chi connectivity index (χ1n) is 45.4. The molecule has 0 unspecified atom stereocenters. The van der Waals surface area contributed by atoms with Gasteiger partial charge in [0.25, 0.3) is 0 Å². The highest BCUT2D eigenvalue weighted by molar-refractivity contribution is 6.50. The molecule has 10 rings (SSSR count). The van der Waals surface area contributed by atoms with Crippen molar-refractivity contribution in [2.75, 3.05) is 0 Å². The van der Waals surface area contributed by atoms with E-state index in [9.17, 15) is 65.4 Å². The number of hydrogen-bond acceptors (Lipinski definition) is 13. The number of aliphatic hydroxyl groups excluding tert-OH is 2. The number of aliphatic hydroxyl groups is 2. The van der Waals surface area contributed by atoms with Gasteiger partial charge in [-0.1, -0.05) is 253 Å². The molecule has 5 aliphatic carbocycles. The molecule has 1 saturated carbocycles. The highest BCUT2D eigenvalue weighted by Crippen LogP contribution is 2.53. The molecule has 5 aliphatic rings. The van der Waals surface area contributed by atoms with E-state index in [4.69, 9.17) is 0 Å². The maximum atomic E-state index is 13.3. The van der Waals surface area contributed by atoms with Crippen molar-refractivity contribution >= 4 is 17.3 Å². The normalized spacial score (nSPS) is 19.9. The number of Topliss-reactive ketones (excluding diaryl/α,β-unsaturated/α-hetero) is 3. The molecule has 0 spiro atoms. The average molecular weight is 1750 g/mol. The summed E-state index contributed by atoms with van der Waals surface area (Å²) in [6.07, 6.45) is 36.7. The third-order valence-corrected chi connectivity index (χ3v) is 25.5. The standard InChI is InChI=1S/C29H36O3.C21H30O4.C21H30O2.C21H32O2.C17H22O2.5CH4/c1-5-6-8-13-23-24(17-15-21-11-9-7-10-12-21)27(30)26(29(32)28(23)31)25-18-20(4)14-16-22(25)19(2)3;1-5-6-7-8-14-9-17(23)20(18(24)10-14)19-15(12(2)3)11-16(13(4)22)21(19)25;1-5-6-7-8-16-12-17(22)13-20(23)21(16)19-11-15(4)9-10-18(19)14(2)3;1-5-6-7-11-18-14-20(22)19(21(23)15-18)13-12-17(4)10-8-9-16(2)3;1-10(2)14-6-5-11(3)7-15(14)17-12(4)8-13(18)9-16(17)19;;;;;/h7,9-12,18,22,25,30H,2,5-6,8,13-17H2,1,3-4H3;9-10,15-16,19,21,23-25H,2,5-8,11H2,1,3-4H3;11-13,18-19,22-23H,2,5-10H2,1,3-4H3;9,12,14-15,22-23H,5-8,10-11,13H2,1-4H3;7-9,14-15,18-19H,1,5-6H2,2-4H3;5*1H4/b;;;17-12-;;;;;;/t22-,25+;15-,16-,19+,21-;18-,19+;;14-,15+;;;;;/m000.0...../s1. The molecule has 1 fully saturated rings. The van der Waals surface area contributed by atoms with Gasteiger partial charge < -0.3 is 51.1 Å². The van der Waals surface area contributed by atoms with Crippen molar-refractivity contribution in [1.29, 1.82) is 0 Å². The minimum Gasteiger partial charge on any atom is -0.508 e. The van der Waals surface area contributed by atoms with Crippen molar-refractivity contribution < 1.29 is 65.4 Å². The lowest BCUT2D eigenvalue weighted by atomic mass is 9.69. The summed E-state index contributed by atoms with van der Waals surface area (Å²) in [7, 11) is 0. The monoisotopic (exact) mass is 1750 g/mol. The zero-order chi connectivity index (χ0) is 90.4. The zero-order valence-corrected chi connectivity index (χ0v) is 77.0. The molecule has 0 bridgehead atoms. The highest BCUT2D eigenvalue weighted by Gasteiger charge is 2.48. The number of allylic oxidation sites excluding steroid dienone is 17. The molecular weight excluding hydrogens is 1580 g/mol. The van der Waals surface area contributed by atoms with E-state index in [0.29, 0.717) is 59.8 Å². The number of aryl methyl sites for hydroxylation is 5. The molecule has 10 N–H and O–H groups in total. The minimum atomic E-state index is -0.929. The van der Waals surface area contributed by atoms with E-state index in [1.165, 1.54) is 71.8 Å². The van der Waals surface area contributed by atoms with Gasteiger partial charge in [0.05, 0.1) is 11.7 Å². The van der Waals surface area contributed by atoms with Crippen LogP contribution >= 0.6 is 0 Å². The van der Waals surface area contributed by atoms with Gasteiger partial charge in [-0.15, -0.1) is 0 Å². The summed E-state index contributed by atoms with van der Waals surface area (Å²) in [5.41, 5.74) is 20.1. The molecular formula is C114H170O13. The summed E-state index contributed by atoms with van der Waals surface area (Å²) in [5, 5.41) is 104. The van der Waals surface area contributed by atoms with Crippen LogP contribution in [0.3, 0.4) is 0 Å². The van der Waals surface area contributed by atoms with Crippen LogP contribution in [0.2, 0.25) is 0 Å². The quantitative estimate of drug-likeness (QED) is 0.00813. The van der Waals surface area contributed by atoms with Crippen LogP contribution in [-0.4, -0.2) is 74.5 Å². The lowest BCUT2D eigenvalue weighted by Gasteiger charge is -2.33. The van der Waals surface area contributed by atoms with Gasteiger partial charge in [-0.25, -0.2) is 0 Å². The van der Waals surface area contributed by atoms with Gasteiger partial charge in [0.2, 0.25) is 11.6 Å².